The molecule has 2 N–H and O–H groups in total. The number of carboxylic acid groups (broad SMARTS) is 1. The van der Waals surface area contributed by atoms with Crippen LogP contribution in [0.3, 0.4) is 0 Å². The number of aromatic nitrogens is 1. The number of fused-ring (bicyclic) bond motifs is 3. The molecule has 0 bridgehead atoms. The van der Waals surface area contributed by atoms with Crippen molar-refractivity contribution in [3.05, 3.63) is 47.5 Å². The van der Waals surface area contributed by atoms with Gasteiger partial charge in [-0.15, -0.1) is 0 Å². The number of para-hydroxylation sites is 1. The molecule has 0 aliphatic heterocycles. The second-order valence-electron chi connectivity index (χ2n) is 5.81. The predicted octanol–water partition coefficient (Wildman–Crippen LogP) is 5.14. The fourth-order valence-electron chi connectivity index (χ4n) is 3.16. The number of carboxylic acids is 1. The van der Waals surface area contributed by atoms with Crippen molar-refractivity contribution in [2.45, 2.75) is 39.0 Å². The molecule has 0 amide bonds. The van der Waals surface area contributed by atoms with Crippen LogP contribution >= 0.6 is 0 Å². The second kappa shape index (κ2) is 6.22. The third-order valence-corrected chi connectivity index (χ3v) is 4.28. The van der Waals surface area contributed by atoms with E-state index >= 15 is 0 Å². The molecule has 0 atom stereocenters. The minimum Gasteiger partial charge on any atom is -0.478 e. The third-order valence-electron chi connectivity index (χ3n) is 4.28. The molecule has 0 spiro atoms. The van der Waals surface area contributed by atoms with Gasteiger partial charge in [-0.25, -0.2) is 4.79 Å². The van der Waals surface area contributed by atoms with E-state index in [1.54, 1.807) is 0 Å². The summed E-state index contributed by atoms with van der Waals surface area (Å²) in [6.07, 6.45) is 5.41. The number of hydrogen-bond acceptors (Lipinski definition) is 1. The largest absolute Gasteiger partial charge is 0.478 e. The van der Waals surface area contributed by atoms with Crippen molar-refractivity contribution in [3.8, 4) is 0 Å². The average molecular weight is 295 g/mol. The minimum absolute atomic E-state index is 0.435. The maximum Gasteiger partial charge on any atom is 0.338 e. The summed E-state index contributed by atoms with van der Waals surface area (Å²) in [5.74, 6) is -0.845. The zero-order chi connectivity index (χ0) is 15.5. The highest BCUT2D eigenvalue weighted by molar-refractivity contribution is 6.14. The maximum atomic E-state index is 11.8. The first-order valence-electron chi connectivity index (χ1n) is 7.98. The highest BCUT2D eigenvalue weighted by Crippen LogP contribution is 2.30. The lowest BCUT2D eigenvalue weighted by molar-refractivity contribution is 0.0697. The van der Waals surface area contributed by atoms with Crippen molar-refractivity contribution in [2.75, 3.05) is 0 Å². The molecular formula is C19H21NO2. The van der Waals surface area contributed by atoms with E-state index in [-0.39, 0.29) is 0 Å². The van der Waals surface area contributed by atoms with Crippen molar-refractivity contribution >= 4 is 27.8 Å². The van der Waals surface area contributed by atoms with Crippen LogP contribution in [0.4, 0.5) is 0 Å². The Kier molecular flexibility index (Phi) is 4.14. The van der Waals surface area contributed by atoms with Crippen LogP contribution in [0.5, 0.6) is 0 Å². The van der Waals surface area contributed by atoms with Gasteiger partial charge in [-0.2, -0.15) is 0 Å². The van der Waals surface area contributed by atoms with Crippen molar-refractivity contribution in [3.63, 3.8) is 0 Å². The standard InChI is InChI=1S/C19H21NO2/c1-2-3-4-5-8-13-11-12-15-14-9-6-7-10-16(14)20-18(15)17(13)19(21)22/h6-7,9-12,20H,2-5,8H2,1H3,(H,21,22). The van der Waals surface area contributed by atoms with Gasteiger partial charge >= 0.3 is 5.97 Å². The number of aromatic amines is 1. The molecule has 3 nitrogen and oxygen atoms in total. The molecule has 22 heavy (non-hydrogen) atoms. The molecule has 0 fully saturated rings. The molecule has 3 heteroatoms. The van der Waals surface area contributed by atoms with Crippen LogP contribution in [-0.2, 0) is 6.42 Å². The summed E-state index contributed by atoms with van der Waals surface area (Å²) in [6, 6.07) is 12.0. The summed E-state index contributed by atoms with van der Waals surface area (Å²) in [6.45, 7) is 2.18. The van der Waals surface area contributed by atoms with Gasteiger partial charge in [0.1, 0.15) is 0 Å². The van der Waals surface area contributed by atoms with E-state index < -0.39 is 5.97 Å². The van der Waals surface area contributed by atoms with Gasteiger partial charge in [-0.05, 0) is 24.5 Å². The molecule has 0 unspecified atom stereocenters. The van der Waals surface area contributed by atoms with Crippen LogP contribution in [0, 0.1) is 0 Å². The van der Waals surface area contributed by atoms with Crippen molar-refractivity contribution in [2.24, 2.45) is 0 Å². The molecule has 1 heterocycles. The number of unbranched alkanes of at least 4 members (excludes halogenated alkanes) is 3. The lowest BCUT2D eigenvalue weighted by Gasteiger charge is -2.07. The van der Waals surface area contributed by atoms with Gasteiger partial charge < -0.3 is 10.1 Å². The van der Waals surface area contributed by atoms with Crippen LogP contribution in [0.1, 0.15) is 48.5 Å². The fourth-order valence-corrected chi connectivity index (χ4v) is 3.16. The number of carbonyl (C=O) groups is 1. The number of aromatic carboxylic acids is 1. The third kappa shape index (κ3) is 2.59. The van der Waals surface area contributed by atoms with Crippen molar-refractivity contribution in [1.29, 1.82) is 0 Å². The molecule has 3 rings (SSSR count). The molecule has 0 aliphatic rings. The van der Waals surface area contributed by atoms with Gasteiger partial charge in [0.2, 0.25) is 0 Å². The molecule has 0 saturated heterocycles. The SMILES string of the molecule is CCCCCCc1ccc2c([nH]c3ccccc32)c1C(=O)O. The van der Waals surface area contributed by atoms with Gasteiger partial charge in [-0.3, -0.25) is 0 Å². The number of nitrogens with one attached hydrogen (secondary N) is 1. The Labute approximate surface area is 130 Å². The van der Waals surface area contributed by atoms with Crippen LogP contribution in [0.25, 0.3) is 21.8 Å². The lowest BCUT2D eigenvalue weighted by Crippen LogP contribution is -2.04. The normalized spacial score (nSPS) is 11.3. The van der Waals surface area contributed by atoms with E-state index in [0.29, 0.717) is 5.56 Å². The lowest BCUT2D eigenvalue weighted by atomic mass is 9.98. The zero-order valence-electron chi connectivity index (χ0n) is 12.9. The zero-order valence-corrected chi connectivity index (χ0v) is 12.9. The topological polar surface area (TPSA) is 53.1 Å². The quantitative estimate of drug-likeness (QED) is 0.618. The molecule has 3 aromatic rings. The Morgan fingerprint density at radius 1 is 1.05 bits per heavy atom. The van der Waals surface area contributed by atoms with Crippen molar-refractivity contribution < 1.29 is 9.90 Å². The Hall–Kier alpha value is -2.29. The first-order chi connectivity index (χ1) is 10.7. The van der Waals surface area contributed by atoms with E-state index in [4.69, 9.17) is 0 Å². The van der Waals surface area contributed by atoms with E-state index in [1.807, 2.05) is 30.3 Å². The maximum absolute atomic E-state index is 11.8. The Balaban J connectivity index is 2.07. The summed E-state index contributed by atoms with van der Waals surface area (Å²) in [7, 11) is 0. The fraction of sp³-hybridized carbons (Fsp3) is 0.316. The number of aryl methyl sites for hydroxylation is 1. The molecule has 114 valence electrons. The Morgan fingerprint density at radius 3 is 2.64 bits per heavy atom. The summed E-state index contributed by atoms with van der Waals surface area (Å²) < 4.78 is 0. The molecule has 1 aromatic heterocycles. The summed E-state index contributed by atoms with van der Waals surface area (Å²) in [5, 5.41) is 11.7. The number of H-pyrrole nitrogens is 1. The number of benzene rings is 2. The Morgan fingerprint density at radius 2 is 1.86 bits per heavy atom. The van der Waals surface area contributed by atoms with Gasteiger partial charge in [0.15, 0.2) is 0 Å². The average Bonchev–Trinajstić information content (AvgIpc) is 2.89. The number of rotatable bonds is 6. The van der Waals surface area contributed by atoms with Crippen LogP contribution in [0.15, 0.2) is 36.4 Å². The van der Waals surface area contributed by atoms with E-state index in [0.717, 1.165) is 46.6 Å². The van der Waals surface area contributed by atoms with Gasteiger partial charge in [0.05, 0.1) is 11.1 Å². The van der Waals surface area contributed by atoms with Crippen LogP contribution in [-0.4, -0.2) is 16.1 Å². The van der Waals surface area contributed by atoms with Crippen LogP contribution in [0.2, 0.25) is 0 Å². The molecule has 2 aromatic carbocycles. The molecule has 0 radical (unpaired) electrons. The first kappa shape index (κ1) is 14.6. The van der Waals surface area contributed by atoms with E-state index in [2.05, 4.69) is 18.0 Å². The van der Waals surface area contributed by atoms with Gasteiger partial charge in [0, 0.05) is 16.3 Å². The minimum atomic E-state index is -0.845. The predicted molar refractivity (Wildman–Crippen MR) is 90.6 cm³/mol. The molecule has 0 aliphatic carbocycles. The van der Waals surface area contributed by atoms with Crippen molar-refractivity contribution in [1.82, 2.24) is 4.98 Å². The number of hydrogen-bond donors (Lipinski definition) is 2. The highest BCUT2D eigenvalue weighted by atomic mass is 16.4. The van der Waals surface area contributed by atoms with Gasteiger partial charge in [-0.1, -0.05) is 56.5 Å². The summed E-state index contributed by atoms with van der Waals surface area (Å²) in [5.41, 5.74) is 3.11. The molecule has 0 saturated carbocycles. The monoisotopic (exact) mass is 295 g/mol. The summed E-state index contributed by atoms with van der Waals surface area (Å²) >= 11 is 0. The smallest absolute Gasteiger partial charge is 0.338 e. The second-order valence-corrected chi connectivity index (χ2v) is 5.81. The first-order valence-corrected chi connectivity index (χ1v) is 7.98. The summed E-state index contributed by atoms with van der Waals surface area (Å²) in [4.78, 5) is 15.1. The van der Waals surface area contributed by atoms with Crippen LogP contribution < -0.4 is 0 Å². The van der Waals surface area contributed by atoms with Gasteiger partial charge in [0.25, 0.3) is 0 Å². The van der Waals surface area contributed by atoms with E-state index in [1.165, 1.54) is 12.8 Å². The highest BCUT2D eigenvalue weighted by Gasteiger charge is 2.17. The Bertz CT molecular complexity index is 817. The van der Waals surface area contributed by atoms with E-state index in [9.17, 15) is 9.90 Å². The molecular weight excluding hydrogens is 274 g/mol.